The lowest BCUT2D eigenvalue weighted by atomic mass is 9.81. The van der Waals surface area contributed by atoms with Gasteiger partial charge in [0.25, 0.3) is 0 Å². The number of hydrogen-bond donors (Lipinski definition) is 2. The Hall–Kier alpha value is -1.10. The molecule has 2 aliphatic rings. The second-order valence-electron chi connectivity index (χ2n) is 5.65. The van der Waals surface area contributed by atoms with E-state index in [9.17, 15) is 9.59 Å². The van der Waals surface area contributed by atoms with Gasteiger partial charge >= 0.3 is 0 Å². The Kier molecular flexibility index (Phi) is 3.90. The molecule has 1 heterocycles. The van der Waals surface area contributed by atoms with Crippen molar-refractivity contribution in [2.45, 2.75) is 57.0 Å². The van der Waals surface area contributed by atoms with E-state index in [-0.39, 0.29) is 17.9 Å². The van der Waals surface area contributed by atoms with Crippen LogP contribution in [0.5, 0.6) is 0 Å². The van der Waals surface area contributed by atoms with Crippen molar-refractivity contribution in [2.24, 2.45) is 5.73 Å². The Labute approximate surface area is 108 Å². The fourth-order valence-electron chi connectivity index (χ4n) is 3.06. The van der Waals surface area contributed by atoms with Gasteiger partial charge in [0.1, 0.15) is 0 Å². The smallest absolute Gasteiger partial charge is 0.242 e. The predicted molar refractivity (Wildman–Crippen MR) is 68.8 cm³/mol. The van der Waals surface area contributed by atoms with Gasteiger partial charge in [-0.05, 0) is 19.3 Å². The van der Waals surface area contributed by atoms with Crippen LogP contribution in [0.3, 0.4) is 0 Å². The molecule has 0 aromatic rings. The van der Waals surface area contributed by atoms with Gasteiger partial charge in [-0.25, -0.2) is 0 Å². The zero-order chi connectivity index (χ0) is 13.2. The van der Waals surface area contributed by atoms with Gasteiger partial charge in [0.2, 0.25) is 11.8 Å². The van der Waals surface area contributed by atoms with E-state index in [1.807, 2.05) is 4.90 Å². The highest BCUT2D eigenvalue weighted by Gasteiger charge is 2.40. The molecule has 1 unspecified atom stereocenters. The number of carbonyl (C=O) groups excluding carboxylic acids is 2. The van der Waals surface area contributed by atoms with Crippen molar-refractivity contribution in [1.82, 2.24) is 10.2 Å². The molecule has 2 rings (SSSR count). The molecule has 0 spiro atoms. The standard InChI is InChI=1S/C13H23N3O2/c1-10(17)15-11-5-8-16(9-11)12(18)13(14)6-3-2-4-7-13/h11H,2-9,14H2,1H3,(H,15,17). The van der Waals surface area contributed by atoms with Crippen LogP contribution in [0.4, 0.5) is 0 Å². The number of nitrogens with one attached hydrogen (secondary N) is 1. The summed E-state index contributed by atoms with van der Waals surface area (Å²) in [6.45, 7) is 2.83. The summed E-state index contributed by atoms with van der Waals surface area (Å²) in [4.78, 5) is 25.3. The number of rotatable bonds is 2. The molecule has 102 valence electrons. The van der Waals surface area contributed by atoms with E-state index in [0.717, 1.165) is 32.1 Å². The van der Waals surface area contributed by atoms with Crippen LogP contribution in [0.1, 0.15) is 45.4 Å². The summed E-state index contributed by atoms with van der Waals surface area (Å²) in [7, 11) is 0. The molecule has 1 atom stereocenters. The highest BCUT2D eigenvalue weighted by molar-refractivity contribution is 5.86. The van der Waals surface area contributed by atoms with Crippen LogP contribution in [0, 0.1) is 0 Å². The summed E-state index contributed by atoms with van der Waals surface area (Å²) in [5, 5.41) is 2.87. The average molecular weight is 253 g/mol. The van der Waals surface area contributed by atoms with Crippen LogP contribution >= 0.6 is 0 Å². The Morgan fingerprint density at radius 2 is 1.94 bits per heavy atom. The first-order chi connectivity index (χ1) is 8.51. The Balaban J connectivity index is 1.92. The maximum Gasteiger partial charge on any atom is 0.242 e. The van der Waals surface area contributed by atoms with Crippen molar-refractivity contribution in [3.8, 4) is 0 Å². The highest BCUT2D eigenvalue weighted by atomic mass is 16.2. The Morgan fingerprint density at radius 3 is 2.56 bits per heavy atom. The minimum atomic E-state index is -0.649. The lowest BCUT2D eigenvalue weighted by Gasteiger charge is -2.35. The van der Waals surface area contributed by atoms with E-state index in [1.54, 1.807) is 0 Å². The molecule has 2 fully saturated rings. The molecular weight excluding hydrogens is 230 g/mol. The minimum Gasteiger partial charge on any atom is -0.352 e. The van der Waals surface area contributed by atoms with Crippen LogP contribution < -0.4 is 11.1 Å². The number of likely N-dealkylation sites (tertiary alicyclic amines) is 1. The average Bonchev–Trinajstić information content (AvgIpc) is 2.76. The molecule has 0 aromatic carbocycles. The SMILES string of the molecule is CC(=O)NC1CCN(C(=O)C2(N)CCCCC2)C1. The summed E-state index contributed by atoms with van der Waals surface area (Å²) in [5.41, 5.74) is 5.60. The van der Waals surface area contributed by atoms with Crippen LogP contribution in [-0.4, -0.2) is 41.4 Å². The van der Waals surface area contributed by atoms with Gasteiger partial charge in [0.05, 0.1) is 5.54 Å². The largest absolute Gasteiger partial charge is 0.352 e. The summed E-state index contributed by atoms with van der Waals surface area (Å²) >= 11 is 0. The fourth-order valence-corrected chi connectivity index (χ4v) is 3.06. The molecular formula is C13H23N3O2. The van der Waals surface area contributed by atoms with Crippen molar-refractivity contribution in [3.63, 3.8) is 0 Å². The van der Waals surface area contributed by atoms with E-state index >= 15 is 0 Å². The third-order valence-corrected chi connectivity index (χ3v) is 4.05. The van der Waals surface area contributed by atoms with Crippen LogP contribution in [-0.2, 0) is 9.59 Å². The first-order valence-corrected chi connectivity index (χ1v) is 6.87. The number of carbonyl (C=O) groups is 2. The maximum absolute atomic E-state index is 12.4. The lowest BCUT2D eigenvalue weighted by Crippen LogP contribution is -2.56. The normalized spacial score (nSPS) is 27.0. The van der Waals surface area contributed by atoms with E-state index < -0.39 is 5.54 Å². The van der Waals surface area contributed by atoms with Crippen LogP contribution in [0.15, 0.2) is 0 Å². The second kappa shape index (κ2) is 5.26. The van der Waals surface area contributed by atoms with E-state index in [2.05, 4.69) is 5.32 Å². The molecule has 1 saturated heterocycles. The zero-order valence-corrected chi connectivity index (χ0v) is 11.1. The summed E-state index contributed by atoms with van der Waals surface area (Å²) in [6, 6.07) is 0.0960. The van der Waals surface area contributed by atoms with Crippen LogP contribution in [0.25, 0.3) is 0 Å². The van der Waals surface area contributed by atoms with Gasteiger partial charge in [0.15, 0.2) is 0 Å². The molecule has 2 amide bonds. The van der Waals surface area contributed by atoms with Gasteiger partial charge in [-0.3, -0.25) is 9.59 Å². The molecule has 3 N–H and O–H groups in total. The fraction of sp³-hybridized carbons (Fsp3) is 0.846. The van der Waals surface area contributed by atoms with Crippen molar-refractivity contribution in [3.05, 3.63) is 0 Å². The molecule has 1 saturated carbocycles. The minimum absolute atomic E-state index is 0.0329. The topological polar surface area (TPSA) is 75.4 Å². The van der Waals surface area contributed by atoms with Gasteiger partial charge in [0, 0.05) is 26.1 Å². The van der Waals surface area contributed by atoms with Gasteiger partial charge in [-0.2, -0.15) is 0 Å². The van der Waals surface area contributed by atoms with E-state index in [1.165, 1.54) is 13.3 Å². The molecule has 5 nitrogen and oxygen atoms in total. The summed E-state index contributed by atoms with van der Waals surface area (Å²) in [5.74, 6) is 0.0458. The Morgan fingerprint density at radius 1 is 1.28 bits per heavy atom. The lowest BCUT2D eigenvalue weighted by molar-refractivity contribution is -0.137. The van der Waals surface area contributed by atoms with Crippen molar-refractivity contribution in [2.75, 3.05) is 13.1 Å². The highest BCUT2D eigenvalue weighted by Crippen LogP contribution is 2.28. The second-order valence-corrected chi connectivity index (χ2v) is 5.65. The number of nitrogens with two attached hydrogens (primary N) is 1. The molecule has 18 heavy (non-hydrogen) atoms. The molecule has 0 aromatic heterocycles. The first kappa shape index (κ1) is 13.3. The van der Waals surface area contributed by atoms with Gasteiger partial charge in [-0.1, -0.05) is 19.3 Å². The predicted octanol–water partition coefficient (Wildman–Crippen LogP) is 0.385. The molecule has 5 heteroatoms. The molecule has 0 radical (unpaired) electrons. The maximum atomic E-state index is 12.4. The third kappa shape index (κ3) is 2.83. The van der Waals surface area contributed by atoms with E-state index in [0.29, 0.717) is 13.1 Å². The zero-order valence-electron chi connectivity index (χ0n) is 11.1. The van der Waals surface area contributed by atoms with Crippen molar-refractivity contribution < 1.29 is 9.59 Å². The number of nitrogens with zero attached hydrogens (tertiary/aromatic N) is 1. The summed E-state index contributed by atoms with van der Waals surface area (Å²) < 4.78 is 0. The van der Waals surface area contributed by atoms with E-state index in [4.69, 9.17) is 5.73 Å². The van der Waals surface area contributed by atoms with Crippen LogP contribution in [0.2, 0.25) is 0 Å². The monoisotopic (exact) mass is 253 g/mol. The molecule has 0 bridgehead atoms. The number of amides is 2. The molecule has 1 aliphatic carbocycles. The van der Waals surface area contributed by atoms with Crippen molar-refractivity contribution >= 4 is 11.8 Å². The number of hydrogen-bond acceptors (Lipinski definition) is 3. The van der Waals surface area contributed by atoms with Gasteiger partial charge in [-0.15, -0.1) is 0 Å². The van der Waals surface area contributed by atoms with Crippen molar-refractivity contribution in [1.29, 1.82) is 0 Å². The summed E-state index contributed by atoms with van der Waals surface area (Å²) in [6.07, 6.45) is 5.71. The van der Waals surface area contributed by atoms with Gasteiger partial charge < -0.3 is 16.0 Å². The Bertz CT molecular complexity index is 337. The third-order valence-electron chi connectivity index (χ3n) is 4.05. The quantitative estimate of drug-likeness (QED) is 0.747. The first-order valence-electron chi connectivity index (χ1n) is 6.87. The molecule has 1 aliphatic heterocycles.